The molecule has 1 fully saturated rings. The highest BCUT2D eigenvalue weighted by molar-refractivity contribution is 6.31. The number of carbonyl (C=O) groups excluding carboxylic acids is 1. The molecule has 8 nitrogen and oxygen atoms in total. The van der Waals surface area contributed by atoms with Gasteiger partial charge in [-0.25, -0.2) is 0 Å². The molecule has 36 heavy (non-hydrogen) atoms. The number of aromatic nitrogens is 2. The third-order valence-electron chi connectivity index (χ3n) is 8.65. The molecule has 2 aromatic heterocycles. The number of para-hydroxylation sites is 2. The Bertz CT molecular complexity index is 1790. The molecule has 0 spiro atoms. The zero-order valence-electron chi connectivity index (χ0n) is 20.2. The van der Waals surface area contributed by atoms with Crippen LogP contribution in [0.2, 0.25) is 0 Å². The summed E-state index contributed by atoms with van der Waals surface area (Å²) in [4.78, 5) is 13.4. The second kappa shape index (κ2) is 6.66. The maximum absolute atomic E-state index is 13.4. The first kappa shape index (κ1) is 20.7. The number of nitrogens with one attached hydrogen (secondary N) is 2. The van der Waals surface area contributed by atoms with Gasteiger partial charge in [0.25, 0.3) is 5.91 Å². The molecular formula is C28H26N4O4. The van der Waals surface area contributed by atoms with Crippen LogP contribution in [0, 0.1) is 0 Å². The third-order valence-corrected chi connectivity index (χ3v) is 8.65. The van der Waals surface area contributed by atoms with Gasteiger partial charge in [0.2, 0.25) is 0 Å². The van der Waals surface area contributed by atoms with E-state index >= 15 is 0 Å². The Kier molecular flexibility index (Phi) is 3.83. The highest BCUT2D eigenvalue weighted by atomic mass is 16.6. The summed E-state index contributed by atoms with van der Waals surface area (Å²) < 4.78 is 17.7. The second-order valence-electron chi connectivity index (χ2n) is 10.3. The van der Waals surface area contributed by atoms with Gasteiger partial charge in [0.1, 0.15) is 12.3 Å². The minimum absolute atomic E-state index is 0.0289. The van der Waals surface area contributed by atoms with E-state index in [0.29, 0.717) is 17.5 Å². The Morgan fingerprint density at radius 3 is 2.50 bits per heavy atom. The molecular weight excluding hydrogens is 456 g/mol. The van der Waals surface area contributed by atoms with Gasteiger partial charge in [-0.2, -0.15) is 0 Å². The fraction of sp³-hybridized carbons (Fsp3) is 0.321. The average Bonchev–Trinajstić information content (AvgIpc) is 3.48. The number of hydrogen-bond acceptors (Lipinski definition) is 5. The van der Waals surface area contributed by atoms with Crippen molar-refractivity contribution < 1.29 is 19.4 Å². The van der Waals surface area contributed by atoms with Crippen LogP contribution in [0.5, 0.6) is 0 Å². The Labute approximate surface area is 206 Å². The van der Waals surface area contributed by atoms with Crippen LogP contribution >= 0.6 is 0 Å². The van der Waals surface area contributed by atoms with Crippen molar-refractivity contribution >= 4 is 49.5 Å². The lowest BCUT2D eigenvalue weighted by molar-refractivity contribution is -0.256. The van der Waals surface area contributed by atoms with Crippen molar-refractivity contribution in [2.24, 2.45) is 0 Å². The summed E-state index contributed by atoms with van der Waals surface area (Å²) in [5.41, 5.74) is 4.25. The summed E-state index contributed by atoms with van der Waals surface area (Å²) in [6, 6.07) is 16.4. The highest BCUT2D eigenvalue weighted by Gasteiger charge is 2.53. The van der Waals surface area contributed by atoms with Gasteiger partial charge in [-0.3, -0.25) is 4.79 Å². The molecule has 1 saturated heterocycles. The number of benzene rings is 3. The zero-order valence-corrected chi connectivity index (χ0v) is 20.2. The largest absolute Gasteiger partial charge is 0.375 e. The molecule has 3 N–H and O–H groups in total. The SMILES string of the molecule is CN[C@@H]1C[C@@H]2O[C@@](C)([C@@H]1OC)n1c3ccccc3c3c4c(c5c6ccccc6n2c5c31)C(=O)N[C@@H]4O. The number of carbonyl (C=O) groups is 1. The van der Waals surface area contributed by atoms with Crippen molar-refractivity contribution in [3.8, 4) is 0 Å². The number of nitrogens with zero attached hydrogens (tertiary/aromatic N) is 2. The molecule has 5 aromatic rings. The summed E-state index contributed by atoms with van der Waals surface area (Å²) in [5.74, 6) is -0.249. The van der Waals surface area contributed by atoms with Gasteiger partial charge >= 0.3 is 0 Å². The van der Waals surface area contributed by atoms with Crippen LogP contribution in [0.3, 0.4) is 0 Å². The summed E-state index contributed by atoms with van der Waals surface area (Å²) >= 11 is 0. The molecule has 5 atom stereocenters. The molecule has 2 bridgehead atoms. The van der Waals surface area contributed by atoms with Crippen LogP contribution in [0.25, 0.3) is 43.6 Å². The van der Waals surface area contributed by atoms with Crippen molar-refractivity contribution in [3.05, 3.63) is 59.7 Å². The molecule has 0 aliphatic carbocycles. The molecule has 182 valence electrons. The molecule has 3 aliphatic heterocycles. The summed E-state index contributed by atoms with van der Waals surface area (Å²) in [7, 11) is 3.70. The molecule has 3 aliphatic rings. The fourth-order valence-corrected chi connectivity index (χ4v) is 7.38. The number of ether oxygens (including phenoxy) is 2. The Morgan fingerprint density at radius 2 is 1.78 bits per heavy atom. The van der Waals surface area contributed by atoms with E-state index in [4.69, 9.17) is 9.47 Å². The van der Waals surface area contributed by atoms with Crippen molar-refractivity contribution in [1.82, 2.24) is 19.8 Å². The first-order valence-electron chi connectivity index (χ1n) is 12.4. The fourth-order valence-electron chi connectivity index (χ4n) is 7.38. The van der Waals surface area contributed by atoms with E-state index in [1.54, 1.807) is 7.11 Å². The molecule has 0 saturated carbocycles. The Balaban J connectivity index is 1.73. The maximum atomic E-state index is 13.4. The van der Waals surface area contributed by atoms with Gasteiger partial charge in [-0.05, 0) is 26.1 Å². The first-order valence-corrected chi connectivity index (χ1v) is 12.4. The van der Waals surface area contributed by atoms with Crippen LogP contribution in [-0.2, 0) is 15.2 Å². The topological polar surface area (TPSA) is 89.7 Å². The molecule has 8 heteroatoms. The molecule has 8 rings (SSSR count). The van der Waals surface area contributed by atoms with E-state index in [9.17, 15) is 9.90 Å². The Morgan fingerprint density at radius 1 is 1.08 bits per heavy atom. The highest BCUT2D eigenvalue weighted by Crippen LogP contribution is 2.54. The molecule has 0 radical (unpaired) electrons. The van der Waals surface area contributed by atoms with Crippen LogP contribution in [0.1, 0.15) is 41.7 Å². The van der Waals surface area contributed by atoms with Crippen molar-refractivity contribution in [2.75, 3.05) is 14.2 Å². The number of likely N-dealkylation sites (N-methyl/N-ethyl adjacent to an activating group) is 1. The summed E-state index contributed by atoms with van der Waals surface area (Å²) in [6.07, 6.45) is -0.941. The molecule has 3 aromatic carbocycles. The van der Waals surface area contributed by atoms with E-state index in [-0.39, 0.29) is 24.3 Å². The van der Waals surface area contributed by atoms with Gasteiger partial charge < -0.3 is 34.3 Å². The van der Waals surface area contributed by atoms with Crippen LogP contribution in [0.4, 0.5) is 0 Å². The van der Waals surface area contributed by atoms with Gasteiger partial charge in [0, 0.05) is 46.7 Å². The second-order valence-corrected chi connectivity index (χ2v) is 10.3. The van der Waals surface area contributed by atoms with E-state index in [1.165, 1.54) is 0 Å². The van der Waals surface area contributed by atoms with Crippen molar-refractivity contribution in [2.45, 2.75) is 43.7 Å². The summed E-state index contributed by atoms with van der Waals surface area (Å²) in [6.45, 7) is 2.09. The summed E-state index contributed by atoms with van der Waals surface area (Å²) in [5, 5.41) is 21.1. The Hall–Kier alpha value is -3.43. The lowest BCUT2D eigenvalue weighted by Crippen LogP contribution is -2.59. The lowest BCUT2D eigenvalue weighted by atomic mass is 9.93. The van der Waals surface area contributed by atoms with E-state index in [0.717, 1.165) is 43.6 Å². The van der Waals surface area contributed by atoms with Gasteiger partial charge in [-0.1, -0.05) is 36.4 Å². The number of aliphatic hydroxyl groups excluding tert-OH is 1. The quantitative estimate of drug-likeness (QED) is 0.356. The number of hydrogen-bond donors (Lipinski definition) is 3. The number of fused-ring (bicyclic) bond motifs is 13. The van der Waals surface area contributed by atoms with E-state index in [1.807, 2.05) is 31.3 Å². The third kappa shape index (κ3) is 2.15. The van der Waals surface area contributed by atoms with E-state index in [2.05, 4.69) is 51.0 Å². The number of methoxy groups -OCH3 is 1. The van der Waals surface area contributed by atoms with Gasteiger partial charge in [0.05, 0.1) is 27.6 Å². The molecule has 5 heterocycles. The van der Waals surface area contributed by atoms with Crippen LogP contribution < -0.4 is 10.6 Å². The average molecular weight is 483 g/mol. The van der Waals surface area contributed by atoms with Gasteiger partial charge in [-0.15, -0.1) is 0 Å². The predicted molar refractivity (Wildman–Crippen MR) is 137 cm³/mol. The maximum Gasteiger partial charge on any atom is 0.254 e. The standard InChI is InChI=1S/C28H26N4O4/c1-28-25(35-3)15(29-2)12-18(36-28)31-16-10-6-4-8-13(16)19-21-22(27(34)30-26(21)33)20-14-9-5-7-11-17(14)32(28)24(20)23(19)31/h4-11,15,18,25,27,29,34H,12H2,1-3H3,(H,30,33)/t15-,18+,25-,27-,28+/m1/s1. The van der Waals surface area contributed by atoms with Gasteiger partial charge in [0.15, 0.2) is 12.0 Å². The smallest absolute Gasteiger partial charge is 0.254 e. The van der Waals surface area contributed by atoms with Crippen molar-refractivity contribution in [3.63, 3.8) is 0 Å². The minimum atomic E-state index is -1.09. The minimum Gasteiger partial charge on any atom is -0.375 e. The normalized spacial score (nSPS) is 28.9. The number of rotatable bonds is 2. The lowest BCUT2D eigenvalue weighted by Gasteiger charge is -2.48. The van der Waals surface area contributed by atoms with Crippen molar-refractivity contribution in [1.29, 1.82) is 0 Å². The zero-order chi connectivity index (χ0) is 24.5. The monoisotopic (exact) mass is 482 g/mol. The van der Waals surface area contributed by atoms with Crippen LogP contribution in [-0.4, -0.2) is 46.5 Å². The molecule has 0 unspecified atom stereocenters. The number of amides is 1. The number of aliphatic hydroxyl groups is 1. The van der Waals surface area contributed by atoms with E-state index < -0.39 is 12.0 Å². The predicted octanol–water partition coefficient (Wildman–Crippen LogP) is 3.84. The van der Waals surface area contributed by atoms with Crippen LogP contribution in [0.15, 0.2) is 48.5 Å². The molecule has 1 amide bonds. The first-order chi connectivity index (χ1) is 17.5.